The average molecular weight is 408 g/mol. The van der Waals surface area contributed by atoms with Gasteiger partial charge in [0.2, 0.25) is 0 Å². The Labute approximate surface area is 144 Å². The molecule has 2 aromatic rings. The highest BCUT2D eigenvalue weighted by molar-refractivity contribution is 9.10. The van der Waals surface area contributed by atoms with E-state index in [4.69, 9.17) is 11.6 Å². The molecule has 0 unspecified atom stereocenters. The molecule has 0 aliphatic carbocycles. The number of carbonyl (C=O) groups excluding carboxylic acids is 1. The molecule has 1 N–H and O–H groups in total. The first-order valence-electron chi connectivity index (χ1n) is 6.53. The van der Waals surface area contributed by atoms with Crippen molar-refractivity contribution in [1.29, 1.82) is 0 Å². The Morgan fingerprint density at radius 2 is 2.00 bits per heavy atom. The summed E-state index contributed by atoms with van der Waals surface area (Å²) in [4.78, 5) is 16.1. The maximum Gasteiger partial charge on any atom is 0.417 e. The Balaban J connectivity index is 2.03. The number of amides is 1. The number of pyridine rings is 1. The van der Waals surface area contributed by atoms with Gasteiger partial charge < -0.3 is 5.32 Å². The highest BCUT2D eigenvalue weighted by Gasteiger charge is 2.34. The molecule has 0 aliphatic heterocycles. The first kappa shape index (κ1) is 17.7. The first-order chi connectivity index (χ1) is 10.8. The number of nitrogens with zero attached hydrogens (tertiary/aromatic N) is 1. The van der Waals surface area contributed by atoms with Crippen LogP contribution in [-0.2, 0) is 12.6 Å². The summed E-state index contributed by atoms with van der Waals surface area (Å²) < 4.78 is 39.3. The van der Waals surface area contributed by atoms with Crippen LogP contribution in [0.25, 0.3) is 0 Å². The van der Waals surface area contributed by atoms with Crippen LogP contribution in [0.5, 0.6) is 0 Å². The van der Waals surface area contributed by atoms with Crippen molar-refractivity contribution < 1.29 is 18.0 Å². The summed E-state index contributed by atoms with van der Waals surface area (Å²) in [5.74, 6) is -0.786. The molecule has 0 bridgehead atoms. The van der Waals surface area contributed by atoms with E-state index in [9.17, 15) is 18.0 Å². The zero-order chi connectivity index (χ0) is 17.0. The highest BCUT2D eigenvalue weighted by Crippen LogP contribution is 2.31. The van der Waals surface area contributed by atoms with E-state index in [-0.39, 0.29) is 6.54 Å². The van der Waals surface area contributed by atoms with Gasteiger partial charge in [0, 0.05) is 23.6 Å². The molecule has 2 rings (SSSR count). The summed E-state index contributed by atoms with van der Waals surface area (Å²) in [6.07, 6.45) is -2.71. The molecule has 1 heterocycles. The van der Waals surface area contributed by atoms with Crippen LogP contribution in [0, 0.1) is 0 Å². The predicted molar refractivity (Wildman–Crippen MR) is 84.4 cm³/mol. The second kappa shape index (κ2) is 7.31. The van der Waals surface area contributed by atoms with Crippen LogP contribution in [0.4, 0.5) is 13.2 Å². The lowest BCUT2D eigenvalue weighted by molar-refractivity contribution is -0.137. The Morgan fingerprint density at radius 3 is 2.65 bits per heavy atom. The van der Waals surface area contributed by atoms with E-state index in [1.807, 2.05) is 0 Å². The van der Waals surface area contributed by atoms with Gasteiger partial charge in [-0.15, -0.1) is 0 Å². The Bertz CT molecular complexity index is 722. The third-order valence-corrected chi connectivity index (χ3v) is 3.77. The minimum absolute atomic E-state index is 0.124. The molecule has 0 saturated carbocycles. The maximum absolute atomic E-state index is 12.9. The Kier molecular flexibility index (Phi) is 5.64. The van der Waals surface area contributed by atoms with Crippen LogP contribution >= 0.6 is 27.5 Å². The number of hydrogen-bond donors (Lipinski definition) is 1. The van der Waals surface area contributed by atoms with Gasteiger partial charge in [0.1, 0.15) is 0 Å². The minimum Gasteiger partial charge on any atom is -0.352 e. The normalized spacial score (nSPS) is 11.3. The number of carbonyl (C=O) groups is 1. The van der Waals surface area contributed by atoms with Gasteiger partial charge in [-0.25, -0.2) is 0 Å². The maximum atomic E-state index is 12.9. The fourth-order valence-corrected chi connectivity index (χ4v) is 2.67. The van der Waals surface area contributed by atoms with Gasteiger partial charge in [0.15, 0.2) is 0 Å². The number of nitrogens with one attached hydrogen (secondary N) is 1. The van der Waals surface area contributed by atoms with E-state index in [1.54, 1.807) is 12.3 Å². The smallest absolute Gasteiger partial charge is 0.352 e. The van der Waals surface area contributed by atoms with Crippen molar-refractivity contribution in [3.05, 3.63) is 62.8 Å². The Hall–Kier alpha value is -1.60. The number of alkyl halides is 3. The van der Waals surface area contributed by atoms with E-state index >= 15 is 0 Å². The van der Waals surface area contributed by atoms with Crippen LogP contribution in [-0.4, -0.2) is 17.4 Å². The van der Waals surface area contributed by atoms with E-state index in [1.165, 1.54) is 12.1 Å². The lowest BCUT2D eigenvalue weighted by Crippen LogP contribution is -2.28. The monoisotopic (exact) mass is 406 g/mol. The van der Waals surface area contributed by atoms with Gasteiger partial charge in [0.25, 0.3) is 5.91 Å². The number of benzene rings is 1. The van der Waals surface area contributed by atoms with Crippen molar-refractivity contribution in [3.63, 3.8) is 0 Å². The number of hydrogen-bond acceptors (Lipinski definition) is 2. The highest BCUT2D eigenvalue weighted by atomic mass is 79.9. The van der Waals surface area contributed by atoms with Crippen molar-refractivity contribution in [1.82, 2.24) is 10.3 Å². The molecule has 0 spiro atoms. The number of halogens is 5. The lowest BCUT2D eigenvalue weighted by atomic mass is 10.1. The SMILES string of the molecule is O=C(NCCc1ncc(Br)cc1Cl)c1ccccc1C(F)(F)F. The van der Waals surface area contributed by atoms with Gasteiger partial charge in [-0.1, -0.05) is 23.7 Å². The van der Waals surface area contributed by atoms with Crippen LogP contribution in [0.3, 0.4) is 0 Å². The van der Waals surface area contributed by atoms with E-state index < -0.39 is 23.2 Å². The molecular weight excluding hydrogens is 397 g/mol. The summed E-state index contributed by atoms with van der Waals surface area (Å²) in [6, 6.07) is 6.30. The largest absolute Gasteiger partial charge is 0.417 e. The number of aromatic nitrogens is 1. The van der Waals surface area contributed by atoms with Crippen LogP contribution < -0.4 is 5.32 Å². The molecule has 122 valence electrons. The van der Waals surface area contributed by atoms with Crippen LogP contribution in [0.15, 0.2) is 41.0 Å². The summed E-state index contributed by atoms with van der Waals surface area (Å²) in [5, 5.41) is 2.87. The Morgan fingerprint density at radius 1 is 1.30 bits per heavy atom. The molecule has 0 radical (unpaired) electrons. The second-order valence-corrected chi connectivity index (χ2v) is 5.95. The van der Waals surface area contributed by atoms with Crippen molar-refractivity contribution in [2.24, 2.45) is 0 Å². The summed E-state index contributed by atoms with van der Waals surface area (Å²) in [7, 11) is 0. The fourth-order valence-electron chi connectivity index (χ4n) is 1.94. The topological polar surface area (TPSA) is 42.0 Å². The zero-order valence-corrected chi connectivity index (χ0v) is 14.0. The minimum atomic E-state index is -4.58. The molecule has 0 aliphatic rings. The van der Waals surface area contributed by atoms with Gasteiger partial charge in [-0.05, 0) is 34.1 Å². The fraction of sp³-hybridized carbons (Fsp3) is 0.200. The average Bonchev–Trinajstić information content (AvgIpc) is 2.48. The molecule has 0 fully saturated rings. The molecule has 3 nitrogen and oxygen atoms in total. The molecule has 1 amide bonds. The third-order valence-electron chi connectivity index (χ3n) is 3.01. The first-order valence-corrected chi connectivity index (χ1v) is 7.70. The van der Waals surface area contributed by atoms with E-state index in [2.05, 4.69) is 26.2 Å². The summed E-state index contributed by atoms with van der Waals surface area (Å²) >= 11 is 9.21. The summed E-state index contributed by atoms with van der Waals surface area (Å²) in [6.45, 7) is 0.124. The van der Waals surface area contributed by atoms with E-state index in [0.29, 0.717) is 17.1 Å². The zero-order valence-electron chi connectivity index (χ0n) is 11.6. The summed E-state index contributed by atoms with van der Waals surface area (Å²) in [5.41, 5.74) is -0.813. The third kappa shape index (κ3) is 4.68. The van der Waals surface area contributed by atoms with Crippen molar-refractivity contribution >= 4 is 33.4 Å². The number of rotatable bonds is 4. The van der Waals surface area contributed by atoms with Crippen molar-refractivity contribution in [3.8, 4) is 0 Å². The van der Waals surface area contributed by atoms with Crippen LogP contribution in [0.1, 0.15) is 21.6 Å². The van der Waals surface area contributed by atoms with Crippen molar-refractivity contribution in [2.75, 3.05) is 6.54 Å². The molecule has 23 heavy (non-hydrogen) atoms. The lowest BCUT2D eigenvalue weighted by Gasteiger charge is -2.12. The van der Waals surface area contributed by atoms with Gasteiger partial charge in [0.05, 0.1) is 21.8 Å². The van der Waals surface area contributed by atoms with Crippen LogP contribution in [0.2, 0.25) is 5.02 Å². The molecule has 1 aromatic carbocycles. The quantitative estimate of drug-likeness (QED) is 0.811. The predicted octanol–water partition coefficient (Wildman–Crippen LogP) is 4.49. The standard InChI is InChI=1S/C15H11BrClF3N2O/c16-9-7-12(17)13(22-8-9)5-6-21-14(23)10-3-1-2-4-11(10)15(18,19)20/h1-4,7-8H,5-6H2,(H,21,23). The molecular formula is C15H11BrClF3N2O. The van der Waals surface area contributed by atoms with Crippen molar-refractivity contribution in [2.45, 2.75) is 12.6 Å². The molecule has 1 aromatic heterocycles. The molecule has 8 heteroatoms. The van der Waals surface area contributed by atoms with Gasteiger partial charge >= 0.3 is 6.18 Å². The van der Waals surface area contributed by atoms with Gasteiger partial charge in [-0.2, -0.15) is 13.2 Å². The molecule has 0 atom stereocenters. The van der Waals surface area contributed by atoms with Gasteiger partial charge in [-0.3, -0.25) is 9.78 Å². The second-order valence-electron chi connectivity index (χ2n) is 4.63. The van der Waals surface area contributed by atoms with E-state index in [0.717, 1.165) is 16.6 Å². The molecule has 0 saturated heterocycles.